The van der Waals surface area contributed by atoms with Gasteiger partial charge in [-0.25, -0.2) is 17.6 Å². The minimum atomic E-state index is -3.96. The van der Waals surface area contributed by atoms with Crippen molar-refractivity contribution in [1.29, 1.82) is 0 Å². The molecule has 1 fully saturated rings. The van der Waals surface area contributed by atoms with E-state index in [-0.39, 0.29) is 53.5 Å². The Morgan fingerprint density at radius 1 is 1.06 bits per heavy atom. The standard InChI is InChI=1S/C22H24FN3O6S/c1-24-21(28)17-13-15(7-8-18(17)23)25-20(27)14-9-11-26(12-10-14)33(30,31)19-6-4-3-5-16(19)22(29)32-2/h3-8,13-14H,9-12H2,1-2H3,(H,24,28)(H,25,27). The Labute approximate surface area is 191 Å². The second kappa shape index (κ2) is 10.1. The molecule has 0 radical (unpaired) electrons. The molecule has 0 saturated carbocycles. The number of rotatable bonds is 6. The van der Waals surface area contributed by atoms with E-state index in [1.165, 1.54) is 48.8 Å². The molecule has 11 heteroatoms. The van der Waals surface area contributed by atoms with Crippen molar-refractivity contribution in [3.05, 3.63) is 59.4 Å². The van der Waals surface area contributed by atoms with Crippen LogP contribution in [0.5, 0.6) is 0 Å². The minimum absolute atomic E-state index is 0.0527. The molecule has 9 nitrogen and oxygen atoms in total. The fraction of sp³-hybridized carbons (Fsp3) is 0.318. The third kappa shape index (κ3) is 5.20. The SMILES string of the molecule is CNC(=O)c1cc(NC(=O)C2CCN(S(=O)(=O)c3ccccc3C(=O)OC)CC2)ccc1F. The number of ether oxygens (including phenoxy) is 1. The maximum Gasteiger partial charge on any atom is 0.339 e. The number of hydrogen-bond donors (Lipinski definition) is 2. The van der Waals surface area contributed by atoms with Gasteiger partial charge in [0.15, 0.2) is 0 Å². The van der Waals surface area contributed by atoms with Gasteiger partial charge >= 0.3 is 5.97 Å². The van der Waals surface area contributed by atoms with Crippen molar-refractivity contribution < 1.29 is 31.9 Å². The Morgan fingerprint density at radius 2 is 1.73 bits per heavy atom. The topological polar surface area (TPSA) is 122 Å². The number of benzene rings is 2. The van der Waals surface area contributed by atoms with Gasteiger partial charge in [0, 0.05) is 31.7 Å². The van der Waals surface area contributed by atoms with E-state index < -0.39 is 33.6 Å². The van der Waals surface area contributed by atoms with E-state index >= 15 is 0 Å². The first-order valence-corrected chi connectivity index (χ1v) is 11.6. The number of carbonyl (C=O) groups is 3. The molecule has 1 heterocycles. The van der Waals surface area contributed by atoms with Crippen LogP contribution in [-0.4, -0.2) is 57.8 Å². The molecular formula is C22H24FN3O6S. The number of piperidine rings is 1. The lowest BCUT2D eigenvalue weighted by molar-refractivity contribution is -0.120. The van der Waals surface area contributed by atoms with Gasteiger partial charge in [-0.1, -0.05) is 12.1 Å². The maximum absolute atomic E-state index is 13.8. The van der Waals surface area contributed by atoms with E-state index in [0.717, 1.165) is 6.07 Å². The molecule has 1 aliphatic heterocycles. The Kier molecular flexibility index (Phi) is 7.44. The zero-order chi connectivity index (χ0) is 24.2. The molecule has 176 valence electrons. The summed E-state index contributed by atoms with van der Waals surface area (Å²) in [4.78, 5) is 36.3. The number of nitrogens with one attached hydrogen (secondary N) is 2. The van der Waals surface area contributed by atoms with Gasteiger partial charge in [0.2, 0.25) is 15.9 Å². The van der Waals surface area contributed by atoms with Crippen LogP contribution in [0.3, 0.4) is 0 Å². The minimum Gasteiger partial charge on any atom is -0.465 e. The number of methoxy groups -OCH3 is 1. The number of nitrogens with zero attached hydrogens (tertiary/aromatic N) is 1. The summed E-state index contributed by atoms with van der Waals surface area (Å²) in [6, 6.07) is 9.49. The lowest BCUT2D eigenvalue weighted by Crippen LogP contribution is -2.41. The highest BCUT2D eigenvalue weighted by atomic mass is 32.2. The molecule has 33 heavy (non-hydrogen) atoms. The Hall–Kier alpha value is -3.31. The Morgan fingerprint density at radius 3 is 2.36 bits per heavy atom. The summed E-state index contributed by atoms with van der Waals surface area (Å²) in [5, 5.41) is 4.99. The van der Waals surface area contributed by atoms with E-state index in [0.29, 0.717) is 0 Å². The molecule has 2 aromatic rings. The molecule has 0 atom stereocenters. The third-order valence-corrected chi connectivity index (χ3v) is 7.40. The van der Waals surface area contributed by atoms with E-state index in [4.69, 9.17) is 0 Å². The lowest BCUT2D eigenvalue weighted by Gasteiger charge is -2.31. The van der Waals surface area contributed by atoms with Crippen molar-refractivity contribution in [2.45, 2.75) is 17.7 Å². The van der Waals surface area contributed by atoms with Crippen molar-refractivity contribution in [3.8, 4) is 0 Å². The van der Waals surface area contributed by atoms with Crippen LogP contribution in [-0.2, 0) is 19.6 Å². The van der Waals surface area contributed by atoms with Gasteiger partial charge < -0.3 is 15.4 Å². The van der Waals surface area contributed by atoms with Crippen LogP contribution in [0.15, 0.2) is 47.4 Å². The molecule has 0 bridgehead atoms. The molecule has 2 amide bonds. The first kappa shape index (κ1) is 24.3. The van der Waals surface area contributed by atoms with Gasteiger partial charge in [0.05, 0.1) is 23.1 Å². The fourth-order valence-electron chi connectivity index (χ4n) is 3.62. The van der Waals surface area contributed by atoms with Gasteiger partial charge in [-0.2, -0.15) is 4.31 Å². The smallest absolute Gasteiger partial charge is 0.339 e. The van der Waals surface area contributed by atoms with Crippen LogP contribution >= 0.6 is 0 Å². The summed E-state index contributed by atoms with van der Waals surface area (Å²) in [5.74, 6) is -2.90. The van der Waals surface area contributed by atoms with Crippen LogP contribution in [0.25, 0.3) is 0 Å². The molecule has 0 spiro atoms. The third-order valence-electron chi connectivity index (χ3n) is 5.44. The van der Waals surface area contributed by atoms with Crippen LogP contribution in [0.2, 0.25) is 0 Å². The summed E-state index contributed by atoms with van der Waals surface area (Å²) < 4.78 is 45.9. The number of anilines is 1. The number of amides is 2. The predicted octanol–water partition coefficient (Wildman–Crippen LogP) is 2.01. The summed E-state index contributed by atoms with van der Waals surface area (Å²) in [5.41, 5.74) is 0.0191. The zero-order valence-electron chi connectivity index (χ0n) is 18.1. The lowest BCUT2D eigenvalue weighted by atomic mass is 9.97. The van der Waals surface area contributed by atoms with Crippen molar-refractivity contribution in [3.63, 3.8) is 0 Å². The molecule has 1 aliphatic rings. The number of esters is 1. The quantitative estimate of drug-likeness (QED) is 0.614. The number of sulfonamides is 1. The molecule has 0 aliphatic carbocycles. The number of carbonyl (C=O) groups excluding carboxylic acids is 3. The molecule has 0 unspecified atom stereocenters. The number of hydrogen-bond acceptors (Lipinski definition) is 6. The molecule has 3 rings (SSSR count). The average Bonchev–Trinajstić information content (AvgIpc) is 2.84. The van der Waals surface area contributed by atoms with Gasteiger partial charge in [0.1, 0.15) is 5.82 Å². The highest BCUT2D eigenvalue weighted by Gasteiger charge is 2.34. The monoisotopic (exact) mass is 477 g/mol. The van der Waals surface area contributed by atoms with E-state index in [2.05, 4.69) is 15.4 Å². The summed E-state index contributed by atoms with van der Waals surface area (Å²) in [7, 11) is -1.42. The molecule has 2 aromatic carbocycles. The summed E-state index contributed by atoms with van der Waals surface area (Å²) in [6.07, 6.45) is 0.518. The Balaban J connectivity index is 1.68. The van der Waals surface area contributed by atoms with Gasteiger partial charge in [-0.3, -0.25) is 9.59 Å². The highest BCUT2D eigenvalue weighted by molar-refractivity contribution is 7.89. The van der Waals surface area contributed by atoms with E-state index in [1.807, 2.05) is 0 Å². The van der Waals surface area contributed by atoms with Crippen molar-refractivity contribution >= 4 is 33.5 Å². The van der Waals surface area contributed by atoms with Gasteiger partial charge in [-0.15, -0.1) is 0 Å². The van der Waals surface area contributed by atoms with E-state index in [1.54, 1.807) is 6.07 Å². The van der Waals surface area contributed by atoms with Crippen molar-refractivity contribution in [2.75, 3.05) is 32.6 Å². The molecule has 2 N–H and O–H groups in total. The van der Waals surface area contributed by atoms with Gasteiger partial charge in [0.25, 0.3) is 5.91 Å². The van der Waals surface area contributed by atoms with Crippen molar-refractivity contribution in [1.82, 2.24) is 9.62 Å². The second-order valence-electron chi connectivity index (χ2n) is 7.43. The first-order chi connectivity index (χ1) is 15.7. The van der Waals surface area contributed by atoms with Gasteiger partial charge in [-0.05, 0) is 43.2 Å². The Bertz CT molecular complexity index is 1180. The van der Waals surface area contributed by atoms with Crippen LogP contribution < -0.4 is 10.6 Å². The van der Waals surface area contributed by atoms with Crippen LogP contribution in [0.4, 0.5) is 10.1 Å². The normalized spacial score (nSPS) is 15.0. The first-order valence-electron chi connectivity index (χ1n) is 10.2. The molecular weight excluding hydrogens is 453 g/mol. The molecule has 0 aromatic heterocycles. The summed E-state index contributed by atoms with van der Waals surface area (Å²) in [6.45, 7) is 0.172. The summed E-state index contributed by atoms with van der Waals surface area (Å²) >= 11 is 0. The zero-order valence-corrected chi connectivity index (χ0v) is 18.9. The fourth-order valence-corrected chi connectivity index (χ4v) is 5.27. The van der Waals surface area contributed by atoms with Crippen LogP contribution in [0, 0.1) is 11.7 Å². The molecule has 1 saturated heterocycles. The largest absolute Gasteiger partial charge is 0.465 e. The maximum atomic E-state index is 13.8. The number of halogens is 1. The highest BCUT2D eigenvalue weighted by Crippen LogP contribution is 2.27. The van der Waals surface area contributed by atoms with Crippen LogP contribution in [0.1, 0.15) is 33.6 Å². The van der Waals surface area contributed by atoms with E-state index in [9.17, 15) is 27.2 Å². The van der Waals surface area contributed by atoms with Crippen molar-refractivity contribution in [2.24, 2.45) is 5.92 Å². The average molecular weight is 478 g/mol. The predicted molar refractivity (Wildman–Crippen MR) is 118 cm³/mol. The second-order valence-corrected chi connectivity index (χ2v) is 9.34.